The Morgan fingerprint density at radius 2 is 1.50 bits per heavy atom. The molecule has 0 saturated carbocycles. The summed E-state index contributed by atoms with van der Waals surface area (Å²) in [7, 11) is 0. The predicted octanol–water partition coefficient (Wildman–Crippen LogP) is 5.26. The summed E-state index contributed by atoms with van der Waals surface area (Å²) in [5, 5.41) is 5.62. The molecule has 1 unspecified atom stereocenters. The lowest BCUT2D eigenvalue weighted by Gasteiger charge is -2.43. The van der Waals surface area contributed by atoms with Gasteiger partial charge < -0.3 is 25.3 Å². The number of carbonyl (C=O) groups is 3. The summed E-state index contributed by atoms with van der Waals surface area (Å²) < 4.78 is 38.6. The summed E-state index contributed by atoms with van der Waals surface area (Å²) in [5.41, 5.74) is 0.321. The molecule has 11 heteroatoms. The number of carbonyl (C=O) groups excluding carboxylic acids is 3. The SMILES string of the molecule is CC(NC(=O)CN1CN(c2ccccc2)C2(CCN(C(=O)Nc3ccc(C(F)(F)F)cc3)CC2)C1=O)c1ccccc1. The highest BCUT2D eigenvalue weighted by molar-refractivity contribution is 5.97. The van der Waals surface area contributed by atoms with E-state index in [1.54, 1.807) is 9.80 Å². The molecule has 8 nitrogen and oxygen atoms in total. The van der Waals surface area contributed by atoms with Crippen LogP contribution >= 0.6 is 0 Å². The molecular weight excluding hydrogens is 547 g/mol. The Morgan fingerprint density at radius 3 is 2.10 bits per heavy atom. The van der Waals surface area contributed by atoms with E-state index in [9.17, 15) is 27.6 Å². The first-order chi connectivity index (χ1) is 20.1. The van der Waals surface area contributed by atoms with Gasteiger partial charge in [-0.2, -0.15) is 13.2 Å². The molecule has 3 aromatic carbocycles. The summed E-state index contributed by atoms with van der Waals surface area (Å²) in [4.78, 5) is 45.0. The lowest BCUT2D eigenvalue weighted by Crippen LogP contribution is -2.58. The number of alkyl halides is 3. The molecule has 0 aliphatic carbocycles. The highest BCUT2D eigenvalue weighted by atomic mass is 19.4. The van der Waals surface area contributed by atoms with Gasteiger partial charge in [0.15, 0.2) is 0 Å². The number of hydrogen-bond donors (Lipinski definition) is 2. The number of nitrogens with one attached hydrogen (secondary N) is 2. The molecule has 0 radical (unpaired) electrons. The summed E-state index contributed by atoms with van der Waals surface area (Å²) >= 11 is 0. The third kappa shape index (κ3) is 6.05. The maximum atomic E-state index is 13.9. The summed E-state index contributed by atoms with van der Waals surface area (Å²) in [6.07, 6.45) is -3.80. The number of anilines is 2. The highest BCUT2D eigenvalue weighted by Gasteiger charge is 2.54. The minimum absolute atomic E-state index is 0.0980. The topological polar surface area (TPSA) is 85.0 Å². The van der Waals surface area contributed by atoms with Crippen molar-refractivity contribution in [3.05, 3.63) is 96.1 Å². The van der Waals surface area contributed by atoms with Crippen LogP contribution in [0.15, 0.2) is 84.9 Å². The average molecular weight is 580 g/mol. The summed E-state index contributed by atoms with van der Waals surface area (Å²) in [6, 6.07) is 22.7. The van der Waals surface area contributed by atoms with Crippen LogP contribution in [0.1, 0.15) is 36.9 Å². The summed E-state index contributed by atoms with van der Waals surface area (Å²) in [6.45, 7) is 2.54. The number of rotatable bonds is 6. The zero-order valence-corrected chi connectivity index (χ0v) is 23.1. The van der Waals surface area contributed by atoms with Crippen molar-refractivity contribution in [3.63, 3.8) is 0 Å². The standard InChI is InChI=1S/C31H32F3N5O3/c1-22(23-8-4-2-5-9-23)35-27(40)20-38-21-39(26-10-6-3-7-11-26)30(28(38)41)16-18-37(19-17-30)29(42)36-25-14-12-24(13-15-25)31(32,33)34/h2-15,22H,16-21H2,1H3,(H,35,40)(H,36,42). The lowest BCUT2D eigenvalue weighted by atomic mass is 9.85. The quantitative estimate of drug-likeness (QED) is 0.418. The first-order valence-corrected chi connectivity index (χ1v) is 13.8. The smallest absolute Gasteiger partial charge is 0.348 e. The van der Waals surface area contributed by atoms with E-state index in [1.807, 2.05) is 72.5 Å². The van der Waals surface area contributed by atoms with Gasteiger partial charge in [0.2, 0.25) is 5.91 Å². The van der Waals surface area contributed by atoms with E-state index in [2.05, 4.69) is 10.6 Å². The van der Waals surface area contributed by atoms with Gasteiger partial charge in [-0.3, -0.25) is 9.59 Å². The van der Waals surface area contributed by atoms with E-state index in [1.165, 1.54) is 12.1 Å². The highest BCUT2D eigenvalue weighted by Crippen LogP contribution is 2.39. The number of nitrogens with zero attached hydrogens (tertiary/aromatic N) is 3. The molecule has 2 saturated heterocycles. The van der Waals surface area contributed by atoms with Crippen molar-refractivity contribution in [2.75, 3.05) is 36.5 Å². The van der Waals surface area contributed by atoms with Crippen molar-refractivity contribution in [1.29, 1.82) is 0 Å². The Balaban J connectivity index is 1.26. The number of amides is 4. The number of likely N-dealkylation sites (tertiary alicyclic amines) is 1. The van der Waals surface area contributed by atoms with E-state index in [0.29, 0.717) is 12.8 Å². The minimum Gasteiger partial charge on any atom is -0.348 e. The molecule has 2 heterocycles. The van der Waals surface area contributed by atoms with E-state index in [0.717, 1.165) is 23.4 Å². The van der Waals surface area contributed by atoms with Gasteiger partial charge in [0.25, 0.3) is 5.91 Å². The first-order valence-electron chi connectivity index (χ1n) is 13.8. The van der Waals surface area contributed by atoms with Gasteiger partial charge in [-0.1, -0.05) is 48.5 Å². The van der Waals surface area contributed by atoms with Gasteiger partial charge in [0.1, 0.15) is 12.1 Å². The molecule has 2 N–H and O–H groups in total. The second-order valence-electron chi connectivity index (χ2n) is 10.6. The third-order valence-corrected chi connectivity index (χ3v) is 7.93. The van der Waals surface area contributed by atoms with Crippen molar-refractivity contribution in [2.45, 2.75) is 37.5 Å². The molecule has 220 valence electrons. The van der Waals surface area contributed by atoms with Crippen LogP contribution in [0.3, 0.4) is 0 Å². The van der Waals surface area contributed by atoms with E-state index >= 15 is 0 Å². The Kier molecular flexibility index (Phi) is 8.11. The molecule has 4 amide bonds. The molecule has 1 spiro atoms. The normalized spacial score (nSPS) is 17.3. The number of hydrogen-bond acceptors (Lipinski definition) is 4. The summed E-state index contributed by atoms with van der Waals surface area (Å²) in [5.74, 6) is -0.435. The second-order valence-corrected chi connectivity index (χ2v) is 10.6. The van der Waals surface area contributed by atoms with Crippen LogP contribution in [0.5, 0.6) is 0 Å². The van der Waals surface area contributed by atoms with E-state index in [4.69, 9.17) is 0 Å². The molecule has 0 bridgehead atoms. The number of halogens is 3. The zero-order valence-electron chi connectivity index (χ0n) is 23.1. The van der Waals surface area contributed by atoms with Crippen molar-refractivity contribution in [1.82, 2.24) is 15.1 Å². The molecule has 1 atom stereocenters. The van der Waals surface area contributed by atoms with Gasteiger partial charge in [0, 0.05) is 24.5 Å². The van der Waals surface area contributed by atoms with Crippen LogP contribution in [0.4, 0.5) is 29.3 Å². The maximum Gasteiger partial charge on any atom is 0.416 e. The van der Waals surface area contributed by atoms with Crippen LogP contribution in [0.2, 0.25) is 0 Å². The zero-order chi connectivity index (χ0) is 29.9. The van der Waals surface area contributed by atoms with Gasteiger partial charge >= 0.3 is 12.2 Å². The molecule has 5 rings (SSSR count). The molecule has 0 aromatic heterocycles. The monoisotopic (exact) mass is 579 g/mol. The molecule has 42 heavy (non-hydrogen) atoms. The Labute approximate surface area is 242 Å². The third-order valence-electron chi connectivity index (χ3n) is 7.93. The van der Waals surface area contributed by atoms with Crippen molar-refractivity contribution < 1.29 is 27.6 Å². The predicted molar refractivity (Wildman–Crippen MR) is 153 cm³/mol. The number of para-hydroxylation sites is 1. The van der Waals surface area contributed by atoms with Gasteiger partial charge in [-0.05, 0) is 61.7 Å². The number of benzene rings is 3. The Morgan fingerprint density at radius 1 is 0.905 bits per heavy atom. The van der Waals surface area contributed by atoms with Crippen molar-refractivity contribution >= 4 is 29.2 Å². The largest absolute Gasteiger partial charge is 0.416 e. The number of urea groups is 1. The van der Waals surface area contributed by atoms with Gasteiger partial charge in [0.05, 0.1) is 18.3 Å². The van der Waals surface area contributed by atoms with E-state index < -0.39 is 23.3 Å². The number of piperidine rings is 1. The molecule has 2 aliphatic heterocycles. The van der Waals surface area contributed by atoms with Crippen molar-refractivity contribution in [2.24, 2.45) is 0 Å². The molecular formula is C31H32F3N5O3. The second kappa shape index (κ2) is 11.8. The van der Waals surface area contributed by atoms with Gasteiger partial charge in [-0.25, -0.2) is 4.79 Å². The van der Waals surface area contributed by atoms with Crippen molar-refractivity contribution in [3.8, 4) is 0 Å². The van der Waals surface area contributed by atoms with Crippen LogP contribution in [-0.4, -0.2) is 59.5 Å². The van der Waals surface area contributed by atoms with Crippen LogP contribution in [0, 0.1) is 0 Å². The van der Waals surface area contributed by atoms with E-state index in [-0.39, 0.29) is 49.8 Å². The Hall–Kier alpha value is -4.54. The molecule has 3 aromatic rings. The van der Waals surface area contributed by atoms with Crippen LogP contribution in [-0.2, 0) is 15.8 Å². The van der Waals surface area contributed by atoms with Crippen LogP contribution < -0.4 is 15.5 Å². The molecule has 2 aliphatic rings. The van der Waals surface area contributed by atoms with Crippen LogP contribution in [0.25, 0.3) is 0 Å². The molecule has 2 fully saturated rings. The maximum absolute atomic E-state index is 13.9. The fraction of sp³-hybridized carbons (Fsp3) is 0.323. The fourth-order valence-corrected chi connectivity index (χ4v) is 5.63. The first kappa shape index (κ1) is 29.0. The fourth-order valence-electron chi connectivity index (χ4n) is 5.63. The average Bonchev–Trinajstić information content (AvgIpc) is 3.24. The lowest BCUT2D eigenvalue weighted by molar-refractivity contribution is -0.137. The van der Waals surface area contributed by atoms with Gasteiger partial charge in [-0.15, -0.1) is 0 Å². The Bertz CT molecular complexity index is 1410. The minimum atomic E-state index is -4.46.